The third kappa shape index (κ3) is 3.65. The molecule has 1 unspecified atom stereocenters. The van der Waals surface area contributed by atoms with Crippen LogP contribution in [-0.4, -0.2) is 40.9 Å². The fourth-order valence-corrected chi connectivity index (χ4v) is 3.03. The lowest BCUT2D eigenvalue weighted by atomic mass is 9.96. The van der Waals surface area contributed by atoms with Gasteiger partial charge in [0.1, 0.15) is 5.82 Å². The number of rotatable bonds is 3. The van der Waals surface area contributed by atoms with Gasteiger partial charge in [-0.2, -0.15) is 4.37 Å². The quantitative estimate of drug-likeness (QED) is 0.915. The van der Waals surface area contributed by atoms with Crippen molar-refractivity contribution in [1.29, 1.82) is 0 Å². The zero-order valence-electron chi connectivity index (χ0n) is 11.9. The minimum Gasteiger partial charge on any atom is -0.360 e. The van der Waals surface area contributed by atoms with E-state index in [0.717, 1.165) is 23.4 Å². The molecule has 1 aromatic rings. The van der Waals surface area contributed by atoms with E-state index in [-0.39, 0.29) is 5.41 Å². The van der Waals surface area contributed by atoms with Gasteiger partial charge in [0.05, 0.1) is 0 Å². The summed E-state index contributed by atoms with van der Waals surface area (Å²) in [7, 11) is 2.20. The summed E-state index contributed by atoms with van der Waals surface area (Å²) in [5.74, 6) is 1.68. The molecule has 0 bridgehead atoms. The van der Waals surface area contributed by atoms with Gasteiger partial charge in [-0.15, -0.1) is 0 Å². The molecule has 2 rings (SSSR count). The van der Waals surface area contributed by atoms with Crippen molar-refractivity contribution >= 4 is 16.7 Å². The summed E-state index contributed by atoms with van der Waals surface area (Å²) >= 11 is 1.48. The van der Waals surface area contributed by atoms with E-state index in [1.165, 1.54) is 37.5 Å². The van der Waals surface area contributed by atoms with E-state index in [2.05, 4.69) is 47.4 Å². The smallest absolute Gasteiger partial charge is 0.202 e. The number of aromatic nitrogens is 2. The monoisotopic (exact) mass is 268 g/mol. The Labute approximate surface area is 114 Å². The summed E-state index contributed by atoms with van der Waals surface area (Å²) in [6, 6.07) is 0. The van der Waals surface area contributed by atoms with Crippen molar-refractivity contribution in [2.75, 3.05) is 32.0 Å². The van der Waals surface area contributed by atoms with Gasteiger partial charge in [-0.25, -0.2) is 4.98 Å². The van der Waals surface area contributed by atoms with Gasteiger partial charge in [-0.3, -0.25) is 0 Å². The molecule has 0 aliphatic carbocycles. The van der Waals surface area contributed by atoms with Crippen molar-refractivity contribution in [3.05, 3.63) is 5.82 Å². The lowest BCUT2D eigenvalue weighted by Gasteiger charge is -2.29. The number of hydrogen-bond acceptors (Lipinski definition) is 5. The van der Waals surface area contributed by atoms with Crippen LogP contribution in [-0.2, 0) is 5.41 Å². The van der Waals surface area contributed by atoms with Gasteiger partial charge < -0.3 is 10.2 Å². The van der Waals surface area contributed by atoms with Crippen LogP contribution >= 0.6 is 11.5 Å². The van der Waals surface area contributed by atoms with Crippen molar-refractivity contribution in [3.8, 4) is 0 Å². The Morgan fingerprint density at radius 2 is 2.22 bits per heavy atom. The first-order chi connectivity index (χ1) is 8.45. The van der Waals surface area contributed by atoms with Crippen LogP contribution in [0.3, 0.4) is 0 Å². The highest BCUT2D eigenvalue weighted by atomic mass is 32.1. The van der Waals surface area contributed by atoms with E-state index in [9.17, 15) is 0 Å². The van der Waals surface area contributed by atoms with Crippen LogP contribution in [0.1, 0.15) is 39.4 Å². The van der Waals surface area contributed by atoms with Gasteiger partial charge in [-0.1, -0.05) is 20.8 Å². The maximum atomic E-state index is 4.57. The summed E-state index contributed by atoms with van der Waals surface area (Å²) < 4.78 is 4.42. The lowest BCUT2D eigenvalue weighted by molar-refractivity contribution is 0.217. The molecule has 0 aromatic carbocycles. The Hall–Kier alpha value is -0.680. The van der Waals surface area contributed by atoms with E-state index in [0.29, 0.717) is 0 Å². The molecule has 18 heavy (non-hydrogen) atoms. The molecular weight excluding hydrogens is 244 g/mol. The molecule has 1 atom stereocenters. The average molecular weight is 268 g/mol. The van der Waals surface area contributed by atoms with E-state index >= 15 is 0 Å². The summed E-state index contributed by atoms with van der Waals surface area (Å²) in [6.45, 7) is 9.89. The van der Waals surface area contributed by atoms with Gasteiger partial charge in [0, 0.05) is 30.0 Å². The molecule has 0 saturated carbocycles. The van der Waals surface area contributed by atoms with Crippen molar-refractivity contribution in [2.24, 2.45) is 5.92 Å². The largest absolute Gasteiger partial charge is 0.360 e. The maximum Gasteiger partial charge on any atom is 0.202 e. The van der Waals surface area contributed by atoms with Crippen molar-refractivity contribution < 1.29 is 0 Å². The SMILES string of the molecule is CN1CCCC(CNc2nc(C(C)(C)C)ns2)C1. The predicted molar refractivity (Wildman–Crippen MR) is 77.3 cm³/mol. The molecule has 0 amide bonds. The maximum absolute atomic E-state index is 4.57. The fraction of sp³-hybridized carbons (Fsp3) is 0.846. The Balaban J connectivity index is 1.85. The van der Waals surface area contributed by atoms with E-state index in [1.54, 1.807) is 0 Å². The topological polar surface area (TPSA) is 41.0 Å². The highest BCUT2D eigenvalue weighted by molar-refractivity contribution is 7.09. The normalized spacial score (nSPS) is 22.1. The highest BCUT2D eigenvalue weighted by Gasteiger charge is 2.21. The van der Waals surface area contributed by atoms with Crippen LogP contribution in [0.5, 0.6) is 0 Å². The van der Waals surface area contributed by atoms with Crippen LogP contribution in [0.25, 0.3) is 0 Å². The van der Waals surface area contributed by atoms with Crippen LogP contribution in [0.2, 0.25) is 0 Å². The molecule has 4 nitrogen and oxygen atoms in total. The Bertz CT molecular complexity index is 383. The zero-order valence-corrected chi connectivity index (χ0v) is 12.7. The second-order valence-corrected chi connectivity index (χ2v) is 7.08. The van der Waals surface area contributed by atoms with Crippen molar-refractivity contribution in [1.82, 2.24) is 14.3 Å². The van der Waals surface area contributed by atoms with Crippen LogP contribution in [0.15, 0.2) is 0 Å². The Morgan fingerprint density at radius 1 is 1.44 bits per heavy atom. The summed E-state index contributed by atoms with van der Waals surface area (Å²) in [6.07, 6.45) is 2.63. The standard InChI is InChI=1S/C13H24N4S/c1-13(2,3)11-15-12(18-16-11)14-8-10-6-5-7-17(4)9-10/h10H,5-9H2,1-4H3,(H,14,15,16). The first-order valence-electron chi connectivity index (χ1n) is 6.72. The van der Waals surface area contributed by atoms with Gasteiger partial charge in [0.15, 0.2) is 0 Å². The summed E-state index contributed by atoms with van der Waals surface area (Å²) in [5.41, 5.74) is 0.0431. The Kier molecular flexibility index (Phi) is 4.22. The van der Waals surface area contributed by atoms with Crippen molar-refractivity contribution in [3.63, 3.8) is 0 Å². The Morgan fingerprint density at radius 3 is 2.83 bits per heavy atom. The number of nitrogens with one attached hydrogen (secondary N) is 1. The molecule has 2 heterocycles. The zero-order chi connectivity index (χ0) is 13.2. The molecule has 1 saturated heterocycles. The van der Waals surface area contributed by atoms with Gasteiger partial charge >= 0.3 is 0 Å². The fourth-order valence-electron chi connectivity index (χ4n) is 2.27. The lowest BCUT2D eigenvalue weighted by Crippen LogP contribution is -2.35. The molecule has 1 aliphatic heterocycles. The number of likely N-dealkylation sites (tertiary alicyclic amines) is 1. The van der Waals surface area contributed by atoms with Crippen LogP contribution < -0.4 is 5.32 Å². The predicted octanol–water partition coefficient (Wildman–Crippen LogP) is 2.59. The van der Waals surface area contributed by atoms with Gasteiger partial charge in [0.25, 0.3) is 0 Å². The third-order valence-corrected chi connectivity index (χ3v) is 4.03. The minimum atomic E-state index is 0.0431. The van der Waals surface area contributed by atoms with Crippen molar-refractivity contribution in [2.45, 2.75) is 39.0 Å². The average Bonchev–Trinajstić information content (AvgIpc) is 2.74. The van der Waals surface area contributed by atoms with E-state index in [4.69, 9.17) is 0 Å². The first-order valence-corrected chi connectivity index (χ1v) is 7.49. The number of piperidine rings is 1. The van der Waals surface area contributed by atoms with Gasteiger partial charge in [-0.05, 0) is 32.4 Å². The van der Waals surface area contributed by atoms with Gasteiger partial charge in [0.2, 0.25) is 5.13 Å². The van der Waals surface area contributed by atoms with E-state index in [1.807, 2.05) is 0 Å². The first kappa shape index (κ1) is 13.7. The highest BCUT2D eigenvalue weighted by Crippen LogP contribution is 2.23. The molecule has 1 N–H and O–H groups in total. The van der Waals surface area contributed by atoms with Crippen LogP contribution in [0, 0.1) is 5.92 Å². The van der Waals surface area contributed by atoms with E-state index < -0.39 is 0 Å². The number of nitrogens with zero attached hydrogens (tertiary/aromatic N) is 3. The molecule has 1 aliphatic rings. The molecular formula is C13H24N4S. The molecule has 102 valence electrons. The molecule has 0 spiro atoms. The number of anilines is 1. The third-order valence-electron chi connectivity index (χ3n) is 3.36. The number of hydrogen-bond donors (Lipinski definition) is 1. The van der Waals surface area contributed by atoms with Crippen LogP contribution in [0.4, 0.5) is 5.13 Å². The summed E-state index contributed by atoms with van der Waals surface area (Å²) in [5, 5.41) is 4.41. The molecule has 1 aromatic heterocycles. The minimum absolute atomic E-state index is 0.0431. The second kappa shape index (κ2) is 5.53. The molecule has 0 radical (unpaired) electrons. The molecule has 1 fully saturated rings. The molecule has 5 heteroatoms. The summed E-state index contributed by atoms with van der Waals surface area (Å²) in [4.78, 5) is 6.98. The second-order valence-electron chi connectivity index (χ2n) is 6.32.